The first kappa shape index (κ1) is 23.1. The third-order valence-corrected chi connectivity index (χ3v) is 5.58. The van der Waals surface area contributed by atoms with Gasteiger partial charge in [0.15, 0.2) is 28.5 Å². The summed E-state index contributed by atoms with van der Waals surface area (Å²) in [6.45, 7) is 0.812. The molecule has 1 aliphatic heterocycles. The largest absolute Gasteiger partial charge is 0.493 e. The van der Waals surface area contributed by atoms with Crippen LogP contribution in [0.1, 0.15) is 29.0 Å². The number of carbonyl (C=O) groups is 1. The summed E-state index contributed by atoms with van der Waals surface area (Å²) in [6, 6.07) is 5.43. The Kier molecular flexibility index (Phi) is 6.35. The number of alkyl halides is 3. The third-order valence-electron chi connectivity index (χ3n) is 5.23. The zero-order valence-electron chi connectivity index (χ0n) is 17.7. The highest BCUT2D eigenvalue weighted by Crippen LogP contribution is 2.37. The second-order valence-electron chi connectivity index (χ2n) is 7.34. The molecule has 33 heavy (non-hydrogen) atoms. The van der Waals surface area contributed by atoms with E-state index in [2.05, 4.69) is 15.4 Å². The van der Waals surface area contributed by atoms with Gasteiger partial charge in [0.1, 0.15) is 5.02 Å². The van der Waals surface area contributed by atoms with Crippen LogP contribution in [0.25, 0.3) is 16.9 Å². The lowest BCUT2D eigenvalue weighted by Gasteiger charge is -2.12. The Hall–Kier alpha value is -3.05. The molecule has 1 N–H and O–H groups in total. The molecule has 12 heteroatoms. The molecule has 3 aromatic rings. The number of rotatable bonds is 6. The summed E-state index contributed by atoms with van der Waals surface area (Å²) >= 11 is 6.29. The van der Waals surface area contributed by atoms with Gasteiger partial charge in [-0.2, -0.15) is 18.3 Å². The number of aromatic nitrogens is 3. The fourth-order valence-electron chi connectivity index (χ4n) is 3.58. The Morgan fingerprint density at radius 2 is 2.03 bits per heavy atom. The lowest BCUT2D eigenvalue weighted by Crippen LogP contribution is -2.32. The first-order chi connectivity index (χ1) is 15.7. The van der Waals surface area contributed by atoms with Crippen LogP contribution in [0.2, 0.25) is 5.02 Å². The topological polar surface area (TPSA) is 87.0 Å². The standard InChI is InChI=1S/C21H20ClF3N4O4/c1-31-14-6-5-11(8-15(14)32-2)13-9-16(21(23,24)25)29-19(27-13)17(22)18(28-29)20(30)26-10-12-4-3-7-33-12/h5-6,8-9,12H,3-4,7,10H2,1-2H3,(H,26,30). The van der Waals surface area contributed by atoms with Crippen molar-refractivity contribution in [2.45, 2.75) is 25.1 Å². The monoisotopic (exact) mass is 484 g/mol. The van der Waals surface area contributed by atoms with Gasteiger partial charge in [-0.15, -0.1) is 0 Å². The molecule has 1 unspecified atom stereocenters. The summed E-state index contributed by atoms with van der Waals surface area (Å²) < 4.78 is 58.0. The maximum atomic E-state index is 13.9. The smallest absolute Gasteiger partial charge is 0.433 e. The molecule has 176 valence electrons. The average Bonchev–Trinajstić information content (AvgIpc) is 3.43. The Morgan fingerprint density at radius 3 is 2.67 bits per heavy atom. The predicted octanol–water partition coefficient (Wildman–Crippen LogP) is 3.99. The third kappa shape index (κ3) is 4.55. The number of carbonyl (C=O) groups excluding carboxylic acids is 1. The number of ether oxygens (including phenoxy) is 3. The summed E-state index contributed by atoms with van der Waals surface area (Å²) in [7, 11) is 2.86. The SMILES string of the molecule is COc1ccc(-c2cc(C(F)(F)F)n3nc(C(=O)NCC4CCCO4)c(Cl)c3n2)cc1OC. The van der Waals surface area contributed by atoms with Gasteiger partial charge in [0, 0.05) is 18.7 Å². The Balaban J connectivity index is 1.78. The van der Waals surface area contributed by atoms with E-state index in [9.17, 15) is 18.0 Å². The predicted molar refractivity (Wildman–Crippen MR) is 113 cm³/mol. The fraction of sp³-hybridized carbons (Fsp3) is 0.381. The molecule has 0 radical (unpaired) electrons. The number of fused-ring (bicyclic) bond motifs is 1. The number of hydrogen-bond donors (Lipinski definition) is 1. The Morgan fingerprint density at radius 1 is 1.27 bits per heavy atom. The molecule has 1 amide bonds. The summed E-state index contributed by atoms with van der Waals surface area (Å²) in [5.74, 6) is 0.0202. The quantitative estimate of drug-likeness (QED) is 0.569. The molecule has 4 rings (SSSR count). The molecule has 1 aromatic carbocycles. The maximum absolute atomic E-state index is 13.9. The summed E-state index contributed by atoms with van der Waals surface area (Å²) in [6.07, 6.45) is -3.26. The van der Waals surface area contributed by atoms with Gasteiger partial charge >= 0.3 is 6.18 Å². The number of methoxy groups -OCH3 is 2. The highest BCUT2D eigenvalue weighted by molar-refractivity contribution is 6.36. The molecule has 0 saturated carbocycles. The minimum atomic E-state index is -4.78. The first-order valence-electron chi connectivity index (χ1n) is 10.0. The van der Waals surface area contributed by atoms with Crippen molar-refractivity contribution < 1.29 is 32.2 Å². The number of hydrogen-bond acceptors (Lipinski definition) is 6. The Bertz CT molecular complexity index is 1190. The van der Waals surface area contributed by atoms with Crippen LogP contribution < -0.4 is 14.8 Å². The van der Waals surface area contributed by atoms with E-state index in [4.69, 9.17) is 25.8 Å². The second kappa shape index (κ2) is 9.06. The van der Waals surface area contributed by atoms with Gasteiger partial charge in [-0.3, -0.25) is 4.79 Å². The van der Waals surface area contributed by atoms with Gasteiger partial charge < -0.3 is 19.5 Å². The minimum absolute atomic E-state index is 0.0242. The van der Waals surface area contributed by atoms with Crippen molar-refractivity contribution in [2.75, 3.05) is 27.4 Å². The van der Waals surface area contributed by atoms with Gasteiger partial charge in [-0.05, 0) is 37.1 Å². The number of halogens is 4. The molecule has 1 aliphatic rings. The zero-order chi connectivity index (χ0) is 23.8. The molecule has 1 atom stereocenters. The normalized spacial score (nSPS) is 16.2. The fourth-order valence-corrected chi connectivity index (χ4v) is 3.82. The van der Waals surface area contributed by atoms with E-state index in [1.54, 1.807) is 12.1 Å². The molecular formula is C21H20ClF3N4O4. The number of nitrogens with zero attached hydrogens (tertiary/aromatic N) is 3. The first-order valence-corrected chi connectivity index (χ1v) is 10.4. The second-order valence-corrected chi connectivity index (χ2v) is 7.72. The average molecular weight is 485 g/mol. The van der Waals surface area contributed by atoms with Crippen LogP contribution in [-0.2, 0) is 10.9 Å². The van der Waals surface area contributed by atoms with E-state index in [1.807, 2.05) is 0 Å². The summed E-state index contributed by atoms with van der Waals surface area (Å²) in [4.78, 5) is 16.9. The van der Waals surface area contributed by atoms with E-state index in [0.29, 0.717) is 28.2 Å². The molecule has 0 spiro atoms. The van der Waals surface area contributed by atoms with Crippen molar-refractivity contribution in [3.8, 4) is 22.8 Å². The molecule has 1 saturated heterocycles. The van der Waals surface area contributed by atoms with Gasteiger partial charge in [0.25, 0.3) is 5.91 Å². The maximum Gasteiger partial charge on any atom is 0.433 e. The molecule has 1 fully saturated rings. The van der Waals surface area contributed by atoms with Crippen LogP contribution >= 0.6 is 11.6 Å². The van der Waals surface area contributed by atoms with E-state index in [0.717, 1.165) is 18.9 Å². The van der Waals surface area contributed by atoms with Crippen LogP contribution in [-0.4, -0.2) is 54.0 Å². The van der Waals surface area contributed by atoms with Crippen molar-refractivity contribution in [3.63, 3.8) is 0 Å². The van der Waals surface area contributed by atoms with Crippen molar-refractivity contribution >= 4 is 23.2 Å². The van der Waals surface area contributed by atoms with Crippen molar-refractivity contribution in [3.05, 3.63) is 40.7 Å². The van der Waals surface area contributed by atoms with Gasteiger partial charge in [-0.25, -0.2) is 9.50 Å². The van der Waals surface area contributed by atoms with Gasteiger partial charge in [-0.1, -0.05) is 11.6 Å². The lowest BCUT2D eigenvalue weighted by molar-refractivity contribution is -0.142. The van der Waals surface area contributed by atoms with Crippen LogP contribution in [0.15, 0.2) is 24.3 Å². The van der Waals surface area contributed by atoms with E-state index in [-0.39, 0.29) is 34.7 Å². The highest BCUT2D eigenvalue weighted by atomic mass is 35.5. The minimum Gasteiger partial charge on any atom is -0.493 e. The number of benzene rings is 1. The van der Waals surface area contributed by atoms with E-state index >= 15 is 0 Å². The van der Waals surface area contributed by atoms with Crippen LogP contribution in [0.3, 0.4) is 0 Å². The number of nitrogens with one attached hydrogen (secondary N) is 1. The van der Waals surface area contributed by atoms with E-state index in [1.165, 1.54) is 20.3 Å². The molecule has 3 heterocycles. The summed E-state index contributed by atoms with van der Waals surface area (Å²) in [5.41, 5.74) is -1.46. The molecule has 2 aromatic heterocycles. The molecule has 0 bridgehead atoms. The zero-order valence-corrected chi connectivity index (χ0v) is 18.5. The highest BCUT2D eigenvalue weighted by Gasteiger charge is 2.37. The van der Waals surface area contributed by atoms with Crippen molar-refractivity contribution in [2.24, 2.45) is 0 Å². The molecular weight excluding hydrogens is 465 g/mol. The van der Waals surface area contributed by atoms with Crippen LogP contribution in [0, 0.1) is 0 Å². The lowest BCUT2D eigenvalue weighted by atomic mass is 10.1. The van der Waals surface area contributed by atoms with Crippen LogP contribution in [0.4, 0.5) is 13.2 Å². The van der Waals surface area contributed by atoms with Gasteiger partial charge in [0.05, 0.1) is 26.0 Å². The molecule has 0 aliphatic carbocycles. The number of amides is 1. The van der Waals surface area contributed by atoms with Gasteiger partial charge in [0.2, 0.25) is 0 Å². The van der Waals surface area contributed by atoms with Crippen molar-refractivity contribution in [1.82, 2.24) is 19.9 Å². The van der Waals surface area contributed by atoms with E-state index < -0.39 is 17.8 Å². The Labute approximate surface area is 191 Å². The molecule has 8 nitrogen and oxygen atoms in total. The van der Waals surface area contributed by atoms with Crippen molar-refractivity contribution in [1.29, 1.82) is 0 Å². The van der Waals surface area contributed by atoms with Crippen LogP contribution in [0.5, 0.6) is 11.5 Å². The summed E-state index contributed by atoms with van der Waals surface area (Å²) in [5, 5.41) is 6.15.